The first-order chi connectivity index (χ1) is 8.68. The molecule has 0 spiro atoms. The van der Waals surface area contributed by atoms with Crippen LogP contribution in [0.4, 0.5) is 0 Å². The SMILES string of the molecule is CC(N=C1CCCCC1C(=O)O)c1ccccc1. The van der Waals surface area contributed by atoms with E-state index in [9.17, 15) is 9.90 Å². The Kier molecular flexibility index (Phi) is 4.13. The van der Waals surface area contributed by atoms with Crippen LogP contribution in [0.15, 0.2) is 35.3 Å². The molecule has 3 heteroatoms. The summed E-state index contributed by atoms with van der Waals surface area (Å²) in [6.45, 7) is 2.02. The Balaban J connectivity index is 2.17. The average Bonchev–Trinajstić information content (AvgIpc) is 2.40. The van der Waals surface area contributed by atoms with E-state index in [1.54, 1.807) is 0 Å². The first kappa shape index (κ1) is 12.8. The summed E-state index contributed by atoms with van der Waals surface area (Å²) < 4.78 is 0. The van der Waals surface area contributed by atoms with Gasteiger partial charge in [-0.05, 0) is 31.7 Å². The number of rotatable bonds is 3. The van der Waals surface area contributed by atoms with E-state index < -0.39 is 5.97 Å². The second-order valence-electron chi connectivity index (χ2n) is 4.84. The number of carboxylic acid groups (broad SMARTS) is 1. The fourth-order valence-corrected chi connectivity index (χ4v) is 2.47. The van der Waals surface area contributed by atoms with Gasteiger partial charge in [-0.2, -0.15) is 0 Å². The van der Waals surface area contributed by atoms with Crippen molar-refractivity contribution in [2.45, 2.75) is 38.6 Å². The molecular formula is C15H19NO2. The fourth-order valence-electron chi connectivity index (χ4n) is 2.47. The summed E-state index contributed by atoms with van der Waals surface area (Å²) in [6.07, 6.45) is 3.61. The quantitative estimate of drug-likeness (QED) is 0.886. The molecule has 0 heterocycles. The van der Waals surface area contributed by atoms with Gasteiger partial charge in [0.1, 0.15) is 0 Å². The van der Waals surface area contributed by atoms with Gasteiger partial charge in [-0.15, -0.1) is 0 Å². The zero-order chi connectivity index (χ0) is 13.0. The minimum atomic E-state index is -0.728. The summed E-state index contributed by atoms with van der Waals surface area (Å²) in [5.41, 5.74) is 2.00. The van der Waals surface area contributed by atoms with Crippen molar-refractivity contribution in [1.82, 2.24) is 0 Å². The van der Waals surface area contributed by atoms with E-state index in [4.69, 9.17) is 0 Å². The zero-order valence-corrected chi connectivity index (χ0v) is 10.7. The predicted octanol–water partition coefficient (Wildman–Crippen LogP) is 3.46. The smallest absolute Gasteiger partial charge is 0.312 e. The molecule has 2 rings (SSSR count). The average molecular weight is 245 g/mol. The molecule has 1 N–H and O–H groups in total. The molecular weight excluding hydrogens is 226 g/mol. The van der Waals surface area contributed by atoms with Crippen molar-refractivity contribution < 1.29 is 9.90 Å². The number of aliphatic carboxylic acids is 1. The van der Waals surface area contributed by atoms with Crippen LogP contribution in [0, 0.1) is 5.92 Å². The van der Waals surface area contributed by atoms with Crippen LogP contribution in [-0.2, 0) is 4.79 Å². The molecule has 1 aliphatic carbocycles. The molecule has 96 valence electrons. The van der Waals surface area contributed by atoms with Crippen molar-refractivity contribution in [2.24, 2.45) is 10.9 Å². The second kappa shape index (κ2) is 5.80. The minimum Gasteiger partial charge on any atom is -0.481 e. The van der Waals surface area contributed by atoms with Gasteiger partial charge in [-0.25, -0.2) is 0 Å². The largest absolute Gasteiger partial charge is 0.481 e. The number of nitrogens with zero attached hydrogens (tertiary/aromatic N) is 1. The number of hydrogen-bond acceptors (Lipinski definition) is 2. The van der Waals surface area contributed by atoms with Gasteiger partial charge < -0.3 is 5.11 Å². The van der Waals surface area contributed by atoms with E-state index in [1.807, 2.05) is 37.3 Å². The van der Waals surface area contributed by atoms with E-state index in [2.05, 4.69) is 4.99 Å². The van der Waals surface area contributed by atoms with E-state index in [0.717, 1.165) is 37.0 Å². The van der Waals surface area contributed by atoms with Gasteiger partial charge in [0.05, 0.1) is 12.0 Å². The maximum absolute atomic E-state index is 11.2. The van der Waals surface area contributed by atoms with Crippen LogP contribution in [0.2, 0.25) is 0 Å². The summed E-state index contributed by atoms with van der Waals surface area (Å²) in [5, 5.41) is 9.21. The van der Waals surface area contributed by atoms with Crippen molar-refractivity contribution >= 4 is 11.7 Å². The van der Waals surface area contributed by atoms with Gasteiger partial charge in [0.25, 0.3) is 0 Å². The molecule has 0 bridgehead atoms. The highest BCUT2D eigenvalue weighted by molar-refractivity contribution is 6.02. The number of benzene rings is 1. The van der Waals surface area contributed by atoms with Crippen molar-refractivity contribution in [2.75, 3.05) is 0 Å². The molecule has 1 saturated carbocycles. The summed E-state index contributed by atoms with van der Waals surface area (Å²) in [7, 11) is 0. The molecule has 1 aromatic rings. The summed E-state index contributed by atoms with van der Waals surface area (Å²) in [5.74, 6) is -1.10. The highest BCUT2D eigenvalue weighted by Gasteiger charge is 2.27. The molecule has 1 aliphatic rings. The first-order valence-corrected chi connectivity index (χ1v) is 6.53. The number of carboxylic acids is 1. The van der Waals surface area contributed by atoms with Crippen molar-refractivity contribution in [3.05, 3.63) is 35.9 Å². The second-order valence-corrected chi connectivity index (χ2v) is 4.84. The summed E-state index contributed by atoms with van der Waals surface area (Å²) in [4.78, 5) is 15.8. The van der Waals surface area contributed by atoms with Crippen molar-refractivity contribution in [1.29, 1.82) is 0 Å². The maximum atomic E-state index is 11.2. The van der Waals surface area contributed by atoms with E-state index in [-0.39, 0.29) is 12.0 Å². The molecule has 18 heavy (non-hydrogen) atoms. The highest BCUT2D eigenvalue weighted by Crippen LogP contribution is 2.25. The third kappa shape index (κ3) is 2.97. The van der Waals surface area contributed by atoms with Crippen molar-refractivity contribution in [3.8, 4) is 0 Å². The molecule has 0 radical (unpaired) electrons. The molecule has 3 nitrogen and oxygen atoms in total. The van der Waals surface area contributed by atoms with Crippen LogP contribution in [0.5, 0.6) is 0 Å². The third-order valence-electron chi connectivity index (χ3n) is 3.52. The summed E-state index contributed by atoms with van der Waals surface area (Å²) >= 11 is 0. The molecule has 0 amide bonds. The molecule has 0 aliphatic heterocycles. The van der Waals surface area contributed by atoms with Gasteiger partial charge in [0, 0.05) is 5.71 Å². The van der Waals surface area contributed by atoms with Crippen LogP contribution >= 0.6 is 0 Å². The van der Waals surface area contributed by atoms with Gasteiger partial charge in [0.2, 0.25) is 0 Å². The number of carbonyl (C=O) groups is 1. The molecule has 0 saturated heterocycles. The lowest BCUT2D eigenvalue weighted by Gasteiger charge is -2.22. The molecule has 2 atom stereocenters. The summed E-state index contributed by atoms with van der Waals surface area (Å²) in [6, 6.07) is 10.1. The maximum Gasteiger partial charge on any atom is 0.312 e. The van der Waals surface area contributed by atoms with Crippen LogP contribution < -0.4 is 0 Å². The normalized spacial score (nSPS) is 23.8. The zero-order valence-electron chi connectivity index (χ0n) is 10.7. The Hall–Kier alpha value is -1.64. The molecule has 0 aromatic heterocycles. The highest BCUT2D eigenvalue weighted by atomic mass is 16.4. The van der Waals surface area contributed by atoms with Gasteiger partial charge in [-0.3, -0.25) is 9.79 Å². The van der Waals surface area contributed by atoms with Crippen LogP contribution in [-0.4, -0.2) is 16.8 Å². The lowest BCUT2D eigenvalue weighted by molar-refractivity contribution is -0.139. The molecule has 2 unspecified atom stereocenters. The van der Waals surface area contributed by atoms with E-state index >= 15 is 0 Å². The monoisotopic (exact) mass is 245 g/mol. The third-order valence-corrected chi connectivity index (χ3v) is 3.52. The number of hydrogen-bond donors (Lipinski definition) is 1. The fraction of sp³-hybridized carbons (Fsp3) is 0.467. The van der Waals surface area contributed by atoms with Crippen LogP contribution in [0.25, 0.3) is 0 Å². The first-order valence-electron chi connectivity index (χ1n) is 6.53. The van der Waals surface area contributed by atoms with Gasteiger partial charge >= 0.3 is 5.97 Å². The van der Waals surface area contributed by atoms with Gasteiger partial charge in [-0.1, -0.05) is 36.8 Å². The molecule has 1 aromatic carbocycles. The lowest BCUT2D eigenvalue weighted by atomic mass is 9.87. The molecule has 1 fully saturated rings. The topological polar surface area (TPSA) is 49.7 Å². The Morgan fingerprint density at radius 2 is 2.06 bits per heavy atom. The van der Waals surface area contributed by atoms with E-state index in [0.29, 0.717) is 0 Å². The van der Waals surface area contributed by atoms with Gasteiger partial charge in [0.15, 0.2) is 0 Å². The van der Waals surface area contributed by atoms with E-state index in [1.165, 1.54) is 0 Å². The standard InChI is InChI=1S/C15H19NO2/c1-11(12-7-3-2-4-8-12)16-14-10-6-5-9-13(14)15(17)18/h2-4,7-8,11,13H,5-6,9-10H2,1H3,(H,17,18). The number of aliphatic imine (C=N–C) groups is 1. The lowest BCUT2D eigenvalue weighted by Crippen LogP contribution is -2.27. The minimum absolute atomic E-state index is 0.0427. The Labute approximate surface area is 108 Å². The Morgan fingerprint density at radius 3 is 2.72 bits per heavy atom. The Bertz CT molecular complexity index is 439. The Morgan fingerprint density at radius 1 is 1.33 bits per heavy atom. The van der Waals surface area contributed by atoms with Crippen LogP contribution in [0.1, 0.15) is 44.2 Å². The van der Waals surface area contributed by atoms with Crippen LogP contribution in [0.3, 0.4) is 0 Å². The van der Waals surface area contributed by atoms with Crippen molar-refractivity contribution in [3.63, 3.8) is 0 Å². The predicted molar refractivity (Wildman–Crippen MR) is 71.9 cm³/mol.